The quantitative estimate of drug-likeness (QED) is 0.174. The molecule has 0 heterocycles. The predicted octanol–water partition coefficient (Wildman–Crippen LogP) is 9.75. The highest BCUT2D eigenvalue weighted by Crippen LogP contribution is 2.67. The van der Waals surface area contributed by atoms with Gasteiger partial charge in [0.2, 0.25) is 0 Å². The fourth-order valence-electron chi connectivity index (χ4n) is 9.63. The molecule has 0 N–H and O–H groups in total. The molecule has 9 heteroatoms. The first-order chi connectivity index (χ1) is 19.0. The van der Waals surface area contributed by atoms with Crippen molar-refractivity contribution >= 4 is 39.0 Å². The third-order valence-electron chi connectivity index (χ3n) is 11.0. The van der Waals surface area contributed by atoms with E-state index in [9.17, 15) is 0 Å². The summed E-state index contributed by atoms with van der Waals surface area (Å²) in [4.78, 5) is 0. The Kier molecular flexibility index (Phi) is 10.1. The maximum absolute atomic E-state index is 7.04. The molecular formula is C33H67NO4Si4. The summed E-state index contributed by atoms with van der Waals surface area (Å²) in [5.74, 6) is 3.19. The predicted molar refractivity (Wildman–Crippen MR) is 188 cm³/mol. The average molecular weight is 654 g/mol. The van der Waals surface area contributed by atoms with Crippen LogP contribution in [0.15, 0.2) is 5.16 Å². The molecule has 0 saturated heterocycles. The fourth-order valence-corrected chi connectivity index (χ4v) is 13.0. The largest absolute Gasteiger partial charge is 0.456 e. The van der Waals surface area contributed by atoms with Gasteiger partial charge < -0.3 is 17.8 Å². The van der Waals surface area contributed by atoms with E-state index < -0.39 is 33.3 Å². The van der Waals surface area contributed by atoms with Gasteiger partial charge >= 0.3 is 0 Å². The van der Waals surface area contributed by atoms with Crippen LogP contribution in [0.3, 0.4) is 0 Å². The van der Waals surface area contributed by atoms with Gasteiger partial charge in [-0.15, -0.1) is 5.16 Å². The first kappa shape index (κ1) is 35.1. The second kappa shape index (κ2) is 12.1. The molecule has 42 heavy (non-hydrogen) atoms. The van der Waals surface area contributed by atoms with E-state index in [1.807, 2.05) is 0 Å². The van der Waals surface area contributed by atoms with Crippen molar-refractivity contribution in [2.75, 3.05) is 6.61 Å². The zero-order valence-electron chi connectivity index (χ0n) is 30.0. The number of rotatable bonds is 10. The lowest BCUT2D eigenvalue weighted by atomic mass is 9.44. The van der Waals surface area contributed by atoms with Crippen LogP contribution in [0.5, 0.6) is 0 Å². The first-order valence-corrected chi connectivity index (χ1v) is 30.9. The Morgan fingerprint density at radius 3 is 2.00 bits per heavy atom. The summed E-state index contributed by atoms with van der Waals surface area (Å²) in [5, 5.41) is 5.21. The van der Waals surface area contributed by atoms with Crippen LogP contribution in [-0.4, -0.2) is 57.8 Å². The van der Waals surface area contributed by atoms with Crippen molar-refractivity contribution in [2.24, 2.45) is 45.6 Å². The molecule has 0 bridgehead atoms. The summed E-state index contributed by atoms with van der Waals surface area (Å²) in [5.41, 5.74) is 1.86. The smallest absolute Gasteiger partial charge is 0.278 e. The lowest BCUT2D eigenvalue weighted by Gasteiger charge is -2.61. The Morgan fingerprint density at radius 2 is 1.43 bits per heavy atom. The van der Waals surface area contributed by atoms with Gasteiger partial charge in [0.1, 0.15) is 0 Å². The summed E-state index contributed by atoms with van der Waals surface area (Å²) >= 11 is 0. The lowest BCUT2D eigenvalue weighted by Crippen LogP contribution is -2.59. The van der Waals surface area contributed by atoms with Crippen LogP contribution in [0.25, 0.3) is 0 Å². The molecule has 0 spiro atoms. The zero-order chi connectivity index (χ0) is 31.5. The van der Waals surface area contributed by atoms with Crippen LogP contribution < -0.4 is 0 Å². The Morgan fingerprint density at radius 1 is 0.762 bits per heavy atom. The van der Waals surface area contributed by atoms with Gasteiger partial charge in [0, 0.05) is 12.0 Å². The normalized spacial score (nSPS) is 39.4. The second-order valence-electron chi connectivity index (χ2n) is 19.0. The van der Waals surface area contributed by atoms with Crippen LogP contribution >= 0.6 is 0 Å². The molecule has 0 radical (unpaired) electrons. The van der Waals surface area contributed by atoms with E-state index in [2.05, 4.69) is 92.4 Å². The Hall–Kier alpha value is 0.218. The minimum atomic E-state index is -1.80. The van der Waals surface area contributed by atoms with Gasteiger partial charge in [-0.2, -0.15) is 0 Å². The van der Waals surface area contributed by atoms with Crippen molar-refractivity contribution in [3.63, 3.8) is 0 Å². The highest BCUT2D eigenvalue weighted by molar-refractivity contribution is 6.70. The van der Waals surface area contributed by atoms with Gasteiger partial charge in [-0.3, -0.25) is 0 Å². The number of fused-ring (bicyclic) bond motifs is 5. The molecule has 4 rings (SSSR count). The summed E-state index contributed by atoms with van der Waals surface area (Å²) in [6, 6.07) is 0. The average Bonchev–Trinajstić information content (AvgIpc) is 3.14. The minimum absolute atomic E-state index is 0.176. The van der Waals surface area contributed by atoms with Gasteiger partial charge in [0.05, 0.1) is 18.4 Å². The third kappa shape index (κ3) is 8.13. The van der Waals surface area contributed by atoms with Gasteiger partial charge in [0.25, 0.3) is 8.32 Å². The van der Waals surface area contributed by atoms with Gasteiger partial charge in [-0.25, -0.2) is 0 Å². The third-order valence-corrected chi connectivity index (χ3v) is 14.7. The number of hydrogen-bond acceptors (Lipinski definition) is 5. The zero-order valence-corrected chi connectivity index (χ0v) is 34.0. The maximum Gasteiger partial charge on any atom is 0.278 e. The fraction of sp³-hybridized carbons (Fsp3) is 0.970. The van der Waals surface area contributed by atoms with E-state index >= 15 is 0 Å². The van der Waals surface area contributed by atoms with E-state index in [4.69, 9.17) is 23.0 Å². The van der Waals surface area contributed by atoms with Gasteiger partial charge in [-0.05, 0) is 164 Å². The molecule has 4 fully saturated rings. The summed E-state index contributed by atoms with van der Waals surface area (Å²) in [6.07, 6.45) is 10.6. The van der Waals surface area contributed by atoms with Crippen molar-refractivity contribution in [2.45, 2.75) is 156 Å². The molecule has 0 aliphatic heterocycles. The van der Waals surface area contributed by atoms with E-state index in [1.54, 1.807) is 0 Å². The molecule has 0 aromatic carbocycles. The summed E-state index contributed by atoms with van der Waals surface area (Å²) in [6.45, 7) is 33.8. The molecule has 0 amide bonds. The van der Waals surface area contributed by atoms with Crippen LogP contribution in [0.4, 0.5) is 0 Å². The summed E-state index contributed by atoms with van der Waals surface area (Å²) < 4.78 is 26.8. The number of nitrogens with zero attached hydrogens (tertiary/aromatic N) is 1. The Labute approximate surface area is 264 Å². The van der Waals surface area contributed by atoms with Crippen LogP contribution in [0.1, 0.15) is 65.2 Å². The number of oxime groups is 1. The lowest BCUT2D eigenvalue weighted by molar-refractivity contribution is -0.0891. The molecule has 0 aromatic rings. The Balaban J connectivity index is 1.68. The van der Waals surface area contributed by atoms with Crippen molar-refractivity contribution in [1.82, 2.24) is 0 Å². The van der Waals surface area contributed by atoms with Crippen LogP contribution in [-0.2, 0) is 17.8 Å². The van der Waals surface area contributed by atoms with E-state index in [1.165, 1.54) is 50.7 Å². The maximum atomic E-state index is 7.04. The SMILES string of the molecule is C[C@]12CC[C@@H](O[Si](C)(C)C)CC1CCC1C2C(=NO[Si](C)(C)C)C[C@@]2(C)C1CC[C@@H]2[C@H](CO[Si](C)(C)C)O[Si](C)(C)C. The second-order valence-corrected chi connectivity index (χ2v) is 36.8. The monoisotopic (exact) mass is 653 g/mol. The molecule has 5 nitrogen and oxygen atoms in total. The van der Waals surface area contributed by atoms with E-state index in [0.29, 0.717) is 29.3 Å². The highest BCUT2D eigenvalue weighted by Gasteiger charge is 2.64. The number of hydrogen-bond donors (Lipinski definition) is 0. The molecule has 4 unspecified atom stereocenters. The molecule has 4 aliphatic carbocycles. The Bertz CT molecular complexity index is 980. The van der Waals surface area contributed by atoms with Crippen molar-refractivity contribution in [3.05, 3.63) is 0 Å². The molecule has 4 aliphatic rings. The molecule has 9 atom stereocenters. The van der Waals surface area contributed by atoms with E-state index in [-0.39, 0.29) is 11.5 Å². The molecule has 4 saturated carbocycles. The molecule has 0 aromatic heterocycles. The summed E-state index contributed by atoms with van der Waals surface area (Å²) in [7, 11) is -6.75. The highest BCUT2D eigenvalue weighted by atomic mass is 28.4. The van der Waals surface area contributed by atoms with E-state index in [0.717, 1.165) is 24.9 Å². The standard InChI is InChI=1S/C33H67NO4Si4/c1-32-20-19-25(36-40(6,7)8)21-24(32)15-16-26-27-17-18-28(30(37-41(9,10)11)23-35-39(3,4)5)33(27,2)22-29(31(26)32)34-38-42(12,13)14/h24-28,30-31H,15-23H2,1-14H3/t24?,25-,26?,27?,28-,30+,31?,32+,33+/m1/s1. The van der Waals surface area contributed by atoms with Crippen molar-refractivity contribution in [1.29, 1.82) is 0 Å². The first-order valence-electron chi connectivity index (χ1n) is 17.3. The molecular weight excluding hydrogens is 587 g/mol. The van der Waals surface area contributed by atoms with Crippen molar-refractivity contribution in [3.8, 4) is 0 Å². The van der Waals surface area contributed by atoms with Crippen LogP contribution in [0.2, 0.25) is 78.6 Å². The molecule has 244 valence electrons. The van der Waals surface area contributed by atoms with Crippen molar-refractivity contribution < 1.29 is 17.8 Å². The van der Waals surface area contributed by atoms with Gasteiger partial charge in [0.15, 0.2) is 25.0 Å². The topological polar surface area (TPSA) is 49.3 Å². The van der Waals surface area contributed by atoms with Gasteiger partial charge in [-0.1, -0.05) is 13.8 Å². The minimum Gasteiger partial charge on any atom is -0.456 e. The van der Waals surface area contributed by atoms with Crippen LogP contribution in [0, 0.1) is 40.4 Å².